The first-order valence-electron chi connectivity index (χ1n) is 4.44. The highest BCUT2D eigenvalue weighted by Crippen LogP contribution is 2.17. The second-order valence-electron chi connectivity index (χ2n) is 3.26. The van der Waals surface area contributed by atoms with E-state index in [1.165, 1.54) is 11.4 Å². The van der Waals surface area contributed by atoms with E-state index >= 15 is 0 Å². The molecular weight excluding hydrogens is 208 g/mol. The lowest BCUT2D eigenvalue weighted by molar-refractivity contribution is 0.115. The van der Waals surface area contributed by atoms with E-state index in [-0.39, 0.29) is 19.1 Å². The highest BCUT2D eigenvalue weighted by Gasteiger charge is 2.34. The molecule has 0 atom stereocenters. The lowest BCUT2D eigenvalue weighted by Crippen LogP contribution is -2.55. The summed E-state index contributed by atoms with van der Waals surface area (Å²) in [5.74, 6) is 0.0917. The molecule has 1 fully saturated rings. The molecule has 84 valence electrons. The predicted molar refractivity (Wildman–Crippen MR) is 50.9 cm³/mol. The van der Waals surface area contributed by atoms with Gasteiger partial charge >= 0.3 is 0 Å². The Bertz CT molecular complexity index is 261. The maximum Gasteiger partial charge on any atom is 0.279 e. The van der Waals surface area contributed by atoms with E-state index in [0.29, 0.717) is 19.7 Å². The van der Waals surface area contributed by atoms with Crippen LogP contribution in [0, 0.1) is 5.92 Å². The first kappa shape index (κ1) is 11.9. The van der Waals surface area contributed by atoms with Gasteiger partial charge in [0.15, 0.2) is 0 Å². The molecule has 2 N–H and O–H groups in total. The zero-order chi connectivity index (χ0) is 10.6. The molecule has 0 aromatic rings. The van der Waals surface area contributed by atoms with Crippen LogP contribution in [0.4, 0.5) is 0 Å². The quantitative estimate of drug-likeness (QED) is 0.532. The molecule has 0 saturated carbocycles. The molecule has 0 unspecified atom stereocenters. The summed E-state index contributed by atoms with van der Waals surface area (Å²) in [5, 5.41) is 8.72. The molecule has 1 rings (SSSR count). The van der Waals surface area contributed by atoms with Crippen molar-refractivity contribution in [2.45, 2.75) is 0 Å². The lowest BCUT2D eigenvalue weighted by Gasteiger charge is -2.36. The summed E-state index contributed by atoms with van der Waals surface area (Å²) in [4.78, 5) is 0. The highest BCUT2D eigenvalue weighted by molar-refractivity contribution is 7.87. The van der Waals surface area contributed by atoms with Crippen LogP contribution >= 0.6 is 0 Å². The van der Waals surface area contributed by atoms with E-state index in [2.05, 4.69) is 4.72 Å². The Morgan fingerprint density at radius 2 is 2.21 bits per heavy atom. The average Bonchev–Trinajstić information content (AvgIpc) is 2.02. The second kappa shape index (κ2) is 5.04. The molecule has 7 heteroatoms. The van der Waals surface area contributed by atoms with Gasteiger partial charge in [-0.15, -0.1) is 0 Å². The van der Waals surface area contributed by atoms with Crippen LogP contribution in [0.2, 0.25) is 0 Å². The number of ether oxygens (including phenoxy) is 1. The third kappa shape index (κ3) is 2.89. The largest absolute Gasteiger partial charge is 0.396 e. The third-order valence-electron chi connectivity index (χ3n) is 2.11. The maximum atomic E-state index is 11.4. The van der Waals surface area contributed by atoms with Crippen LogP contribution in [-0.2, 0) is 14.9 Å². The van der Waals surface area contributed by atoms with Crippen molar-refractivity contribution in [3.63, 3.8) is 0 Å². The molecule has 1 aliphatic rings. The van der Waals surface area contributed by atoms with Crippen LogP contribution in [0.1, 0.15) is 0 Å². The first-order chi connectivity index (χ1) is 6.60. The Balaban J connectivity index is 2.29. The van der Waals surface area contributed by atoms with Crippen molar-refractivity contribution >= 4 is 10.2 Å². The number of aliphatic hydroxyl groups is 1. The first-order valence-corrected chi connectivity index (χ1v) is 5.88. The van der Waals surface area contributed by atoms with Gasteiger partial charge in [0.25, 0.3) is 10.2 Å². The monoisotopic (exact) mass is 224 g/mol. The molecular formula is C7H16N2O4S. The van der Waals surface area contributed by atoms with Crippen molar-refractivity contribution in [1.29, 1.82) is 0 Å². The fourth-order valence-electron chi connectivity index (χ4n) is 1.20. The van der Waals surface area contributed by atoms with E-state index in [9.17, 15) is 8.42 Å². The minimum Gasteiger partial charge on any atom is -0.396 e. The van der Waals surface area contributed by atoms with Crippen molar-refractivity contribution in [3.05, 3.63) is 0 Å². The zero-order valence-corrected chi connectivity index (χ0v) is 8.96. The van der Waals surface area contributed by atoms with Crippen molar-refractivity contribution in [1.82, 2.24) is 9.03 Å². The SMILES string of the molecule is COCCNS(=O)(=O)N1CC(CO)C1. The van der Waals surface area contributed by atoms with Gasteiger partial charge in [0.2, 0.25) is 0 Å². The van der Waals surface area contributed by atoms with Gasteiger partial charge in [-0.2, -0.15) is 17.4 Å². The van der Waals surface area contributed by atoms with Crippen molar-refractivity contribution < 1.29 is 18.3 Å². The van der Waals surface area contributed by atoms with Gasteiger partial charge in [-0.3, -0.25) is 0 Å². The third-order valence-corrected chi connectivity index (χ3v) is 3.66. The Morgan fingerprint density at radius 1 is 1.57 bits per heavy atom. The Kier molecular flexibility index (Phi) is 4.27. The summed E-state index contributed by atoms with van der Waals surface area (Å²) in [6.07, 6.45) is 0. The average molecular weight is 224 g/mol. The Hall–Kier alpha value is -0.210. The molecule has 0 bridgehead atoms. The molecule has 6 nitrogen and oxygen atoms in total. The number of rotatable bonds is 6. The van der Waals surface area contributed by atoms with Gasteiger partial charge in [-0.25, -0.2) is 0 Å². The molecule has 0 radical (unpaired) electrons. The molecule has 0 aromatic carbocycles. The summed E-state index contributed by atoms with van der Waals surface area (Å²) in [6, 6.07) is 0. The smallest absolute Gasteiger partial charge is 0.279 e. The number of aliphatic hydroxyl groups excluding tert-OH is 1. The molecule has 0 spiro atoms. The van der Waals surface area contributed by atoms with E-state index in [4.69, 9.17) is 9.84 Å². The molecule has 1 saturated heterocycles. The van der Waals surface area contributed by atoms with Gasteiger partial charge in [-0.05, 0) is 0 Å². The summed E-state index contributed by atoms with van der Waals surface area (Å²) in [7, 11) is -1.83. The highest BCUT2D eigenvalue weighted by atomic mass is 32.2. The van der Waals surface area contributed by atoms with Crippen LogP contribution < -0.4 is 4.72 Å². The molecule has 1 aliphatic heterocycles. The zero-order valence-electron chi connectivity index (χ0n) is 8.14. The van der Waals surface area contributed by atoms with Gasteiger partial charge in [-0.1, -0.05) is 0 Å². The molecule has 0 amide bonds. The second-order valence-corrected chi connectivity index (χ2v) is 5.01. The number of hydrogen-bond acceptors (Lipinski definition) is 4. The normalized spacial score (nSPS) is 19.6. The summed E-state index contributed by atoms with van der Waals surface area (Å²) in [5.41, 5.74) is 0. The fraction of sp³-hybridized carbons (Fsp3) is 1.00. The van der Waals surface area contributed by atoms with Gasteiger partial charge in [0, 0.05) is 39.3 Å². The van der Waals surface area contributed by atoms with E-state index in [1.807, 2.05) is 0 Å². The van der Waals surface area contributed by atoms with Crippen LogP contribution in [-0.4, -0.2) is 57.8 Å². The van der Waals surface area contributed by atoms with Crippen molar-refractivity contribution in [2.75, 3.05) is 40.0 Å². The van der Waals surface area contributed by atoms with Gasteiger partial charge in [0.05, 0.1) is 6.61 Å². The summed E-state index contributed by atoms with van der Waals surface area (Å²) < 4.78 is 31.3. The summed E-state index contributed by atoms with van der Waals surface area (Å²) in [6.45, 7) is 1.48. The number of nitrogens with one attached hydrogen (secondary N) is 1. The molecule has 14 heavy (non-hydrogen) atoms. The minimum absolute atomic E-state index is 0.0457. The minimum atomic E-state index is -3.35. The van der Waals surface area contributed by atoms with Crippen LogP contribution in [0.3, 0.4) is 0 Å². The summed E-state index contributed by atoms with van der Waals surface area (Å²) >= 11 is 0. The number of nitrogens with zero attached hydrogens (tertiary/aromatic N) is 1. The fourth-order valence-corrected chi connectivity index (χ4v) is 2.54. The van der Waals surface area contributed by atoms with Crippen LogP contribution in [0.25, 0.3) is 0 Å². The number of methoxy groups -OCH3 is 1. The van der Waals surface area contributed by atoms with Crippen LogP contribution in [0.5, 0.6) is 0 Å². The van der Waals surface area contributed by atoms with Crippen molar-refractivity contribution in [3.8, 4) is 0 Å². The van der Waals surface area contributed by atoms with E-state index in [1.54, 1.807) is 0 Å². The van der Waals surface area contributed by atoms with Gasteiger partial charge < -0.3 is 9.84 Å². The Labute approximate surface area is 84.0 Å². The topological polar surface area (TPSA) is 78.9 Å². The molecule has 0 aromatic heterocycles. The molecule has 0 aliphatic carbocycles. The van der Waals surface area contributed by atoms with E-state index < -0.39 is 10.2 Å². The lowest BCUT2D eigenvalue weighted by atomic mass is 10.1. The molecule has 1 heterocycles. The number of hydrogen-bond donors (Lipinski definition) is 2. The maximum absolute atomic E-state index is 11.4. The standard InChI is InChI=1S/C7H16N2O4S/c1-13-3-2-8-14(11,12)9-4-7(5-9)6-10/h7-8,10H,2-6H2,1H3. The van der Waals surface area contributed by atoms with Crippen molar-refractivity contribution in [2.24, 2.45) is 5.92 Å². The van der Waals surface area contributed by atoms with E-state index in [0.717, 1.165) is 0 Å². The van der Waals surface area contributed by atoms with Gasteiger partial charge in [0.1, 0.15) is 0 Å². The predicted octanol–water partition coefficient (Wildman–Crippen LogP) is -1.61. The Morgan fingerprint density at radius 3 is 2.71 bits per heavy atom. The van der Waals surface area contributed by atoms with Crippen LogP contribution in [0.15, 0.2) is 0 Å².